The summed E-state index contributed by atoms with van der Waals surface area (Å²) in [6.45, 7) is 1.82. The van der Waals surface area contributed by atoms with E-state index in [9.17, 15) is 10.1 Å². The van der Waals surface area contributed by atoms with Crippen molar-refractivity contribution in [1.82, 2.24) is 4.98 Å². The zero-order valence-electron chi connectivity index (χ0n) is 9.66. The van der Waals surface area contributed by atoms with Gasteiger partial charge in [0.25, 0.3) is 0 Å². The Morgan fingerprint density at radius 2 is 2.17 bits per heavy atom. The van der Waals surface area contributed by atoms with E-state index in [1.807, 2.05) is 6.92 Å². The van der Waals surface area contributed by atoms with E-state index < -0.39 is 4.92 Å². The highest BCUT2D eigenvalue weighted by Gasteiger charge is 2.16. The Bertz CT molecular complexity index is 599. The number of anilines is 1. The second-order valence-corrected chi connectivity index (χ2v) is 3.73. The van der Waals surface area contributed by atoms with Crippen LogP contribution in [0.25, 0.3) is 0 Å². The van der Waals surface area contributed by atoms with Crippen LogP contribution in [0.3, 0.4) is 0 Å². The number of nitro groups is 1. The molecule has 1 heterocycles. The van der Waals surface area contributed by atoms with Crippen LogP contribution in [-0.2, 0) is 0 Å². The lowest BCUT2D eigenvalue weighted by Crippen LogP contribution is -1.98. The number of nitrogens with zero attached hydrogens (tertiary/aromatic N) is 2. The average molecular weight is 245 g/mol. The zero-order valence-corrected chi connectivity index (χ0v) is 9.66. The van der Waals surface area contributed by atoms with Crippen LogP contribution in [0.4, 0.5) is 11.4 Å². The minimum absolute atomic E-state index is 0.120. The molecular weight excluding hydrogens is 234 g/mol. The van der Waals surface area contributed by atoms with Crippen LogP contribution in [0.2, 0.25) is 0 Å². The van der Waals surface area contributed by atoms with Gasteiger partial charge >= 0.3 is 5.69 Å². The lowest BCUT2D eigenvalue weighted by molar-refractivity contribution is -0.385. The van der Waals surface area contributed by atoms with Gasteiger partial charge < -0.3 is 10.5 Å². The number of nitrogen functional groups attached to an aromatic ring is 1. The minimum atomic E-state index is -0.506. The lowest BCUT2D eigenvalue weighted by atomic mass is 10.2. The largest absolute Gasteiger partial charge is 0.430 e. The molecule has 0 aliphatic carbocycles. The van der Waals surface area contributed by atoms with Gasteiger partial charge in [-0.15, -0.1) is 0 Å². The maximum absolute atomic E-state index is 10.9. The Morgan fingerprint density at radius 3 is 2.83 bits per heavy atom. The zero-order chi connectivity index (χ0) is 13.1. The summed E-state index contributed by atoms with van der Waals surface area (Å²) in [5.74, 6) is 0.289. The number of aromatic nitrogens is 1. The van der Waals surface area contributed by atoms with Crippen molar-refractivity contribution in [3.63, 3.8) is 0 Å². The van der Waals surface area contributed by atoms with Gasteiger partial charge in [0.2, 0.25) is 11.6 Å². The number of aryl methyl sites for hydroxylation is 1. The monoisotopic (exact) mass is 245 g/mol. The predicted molar refractivity (Wildman–Crippen MR) is 66.6 cm³/mol. The molecule has 92 valence electrons. The summed E-state index contributed by atoms with van der Waals surface area (Å²) < 4.78 is 5.40. The van der Waals surface area contributed by atoms with Crippen LogP contribution in [0.15, 0.2) is 36.5 Å². The van der Waals surface area contributed by atoms with Gasteiger partial charge in [0, 0.05) is 12.3 Å². The third-order valence-corrected chi connectivity index (χ3v) is 2.32. The van der Waals surface area contributed by atoms with Crippen molar-refractivity contribution in [1.29, 1.82) is 0 Å². The van der Waals surface area contributed by atoms with Gasteiger partial charge in [0.15, 0.2) is 0 Å². The van der Waals surface area contributed by atoms with Crippen molar-refractivity contribution in [3.8, 4) is 11.6 Å². The molecule has 1 aromatic heterocycles. The number of pyridine rings is 1. The molecule has 0 fully saturated rings. The third-order valence-electron chi connectivity index (χ3n) is 2.32. The van der Waals surface area contributed by atoms with Crippen molar-refractivity contribution in [2.75, 3.05) is 5.73 Å². The first-order valence-corrected chi connectivity index (χ1v) is 5.21. The van der Waals surface area contributed by atoms with Crippen molar-refractivity contribution in [2.45, 2.75) is 6.92 Å². The summed E-state index contributed by atoms with van der Waals surface area (Å²) in [6.07, 6.45) is 1.51. The molecule has 18 heavy (non-hydrogen) atoms. The number of benzene rings is 1. The van der Waals surface area contributed by atoms with Crippen LogP contribution in [0.1, 0.15) is 5.56 Å². The Hall–Kier alpha value is -2.63. The molecule has 1 aromatic carbocycles. The molecule has 2 N–H and O–H groups in total. The number of nitrogens with two attached hydrogens (primary N) is 1. The fraction of sp³-hybridized carbons (Fsp3) is 0.0833. The van der Waals surface area contributed by atoms with Crippen LogP contribution in [0.5, 0.6) is 11.6 Å². The molecule has 6 heteroatoms. The average Bonchev–Trinajstić information content (AvgIpc) is 2.32. The van der Waals surface area contributed by atoms with E-state index in [1.54, 1.807) is 24.3 Å². The Balaban J connectivity index is 2.42. The molecule has 0 saturated heterocycles. The van der Waals surface area contributed by atoms with E-state index >= 15 is 0 Å². The fourth-order valence-corrected chi connectivity index (χ4v) is 1.45. The summed E-state index contributed by atoms with van der Waals surface area (Å²) in [7, 11) is 0. The van der Waals surface area contributed by atoms with Gasteiger partial charge in [-0.3, -0.25) is 10.1 Å². The second kappa shape index (κ2) is 4.70. The summed E-state index contributed by atoms with van der Waals surface area (Å²) >= 11 is 0. The summed E-state index contributed by atoms with van der Waals surface area (Å²) in [4.78, 5) is 14.3. The minimum Gasteiger partial charge on any atom is -0.430 e. The number of hydrogen-bond acceptors (Lipinski definition) is 5. The molecule has 0 spiro atoms. The molecule has 0 bridgehead atoms. The van der Waals surface area contributed by atoms with Gasteiger partial charge in [0.1, 0.15) is 0 Å². The van der Waals surface area contributed by atoms with Crippen molar-refractivity contribution in [2.24, 2.45) is 0 Å². The van der Waals surface area contributed by atoms with Crippen LogP contribution in [-0.4, -0.2) is 9.91 Å². The van der Waals surface area contributed by atoms with Gasteiger partial charge in [0.05, 0.1) is 10.6 Å². The normalized spacial score (nSPS) is 10.1. The molecule has 0 aliphatic heterocycles. The van der Waals surface area contributed by atoms with Crippen LogP contribution < -0.4 is 10.5 Å². The van der Waals surface area contributed by atoms with Crippen molar-refractivity contribution in [3.05, 3.63) is 52.2 Å². The van der Waals surface area contributed by atoms with E-state index in [2.05, 4.69) is 4.98 Å². The highest BCUT2D eigenvalue weighted by Crippen LogP contribution is 2.33. The molecule has 0 aliphatic rings. The Morgan fingerprint density at radius 1 is 1.39 bits per heavy atom. The summed E-state index contributed by atoms with van der Waals surface area (Å²) in [5, 5.41) is 10.9. The van der Waals surface area contributed by atoms with E-state index in [-0.39, 0.29) is 17.3 Å². The molecule has 2 rings (SSSR count). The Kier molecular flexibility index (Phi) is 3.09. The Labute approximate surface area is 103 Å². The van der Waals surface area contributed by atoms with Crippen molar-refractivity contribution >= 4 is 11.4 Å². The number of hydrogen-bond donors (Lipinski definition) is 1. The topological polar surface area (TPSA) is 91.3 Å². The highest BCUT2D eigenvalue weighted by molar-refractivity contribution is 5.54. The van der Waals surface area contributed by atoms with Gasteiger partial charge in [-0.25, -0.2) is 4.98 Å². The van der Waals surface area contributed by atoms with E-state index in [1.165, 1.54) is 12.3 Å². The predicted octanol–water partition coefficient (Wildman–Crippen LogP) is 2.67. The standard InChI is InChI=1S/C12H11N3O3/c1-8-4-5-10(15(16)17)11(7-8)18-12-9(13)3-2-6-14-12/h2-7H,13H2,1H3. The number of nitro benzene ring substituents is 1. The van der Waals surface area contributed by atoms with Gasteiger partial charge in [-0.1, -0.05) is 6.07 Å². The second-order valence-electron chi connectivity index (χ2n) is 3.73. The molecule has 6 nitrogen and oxygen atoms in total. The van der Waals surface area contributed by atoms with Gasteiger partial charge in [-0.2, -0.15) is 0 Å². The SMILES string of the molecule is Cc1ccc([N+](=O)[O-])c(Oc2ncccc2N)c1. The maximum atomic E-state index is 10.9. The maximum Gasteiger partial charge on any atom is 0.311 e. The van der Waals surface area contributed by atoms with E-state index in [0.29, 0.717) is 5.69 Å². The smallest absolute Gasteiger partial charge is 0.311 e. The van der Waals surface area contributed by atoms with Crippen molar-refractivity contribution < 1.29 is 9.66 Å². The van der Waals surface area contributed by atoms with Crippen LogP contribution >= 0.6 is 0 Å². The molecule has 0 saturated carbocycles. The quantitative estimate of drug-likeness (QED) is 0.663. The van der Waals surface area contributed by atoms with E-state index in [0.717, 1.165) is 5.56 Å². The van der Waals surface area contributed by atoms with Gasteiger partial charge in [-0.05, 0) is 30.7 Å². The molecule has 0 radical (unpaired) electrons. The first-order chi connectivity index (χ1) is 8.58. The third kappa shape index (κ3) is 2.37. The molecule has 2 aromatic rings. The van der Waals surface area contributed by atoms with Crippen LogP contribution in [0, 0.1) is 17.0 Å². The molecule has 0 amide bonds. The molecule has 0 atom stereocenters. The first kappa shape index (κ1) is 11.8. The van der Waals surface area contributed by atoms with E-state index in [4.69, 9.17) is 10.5 Å². The molecule has 0 unspecified atom stereocenters. The summed E-state index contributed by atoms with van der Waals surface area (Å²) in [5.41, 5.74) is 6.73. The number of ether oxygens (including phenoxy) is 1. The lowest BCUT2D eigenvalue weighted by Gasteiger charge is -2.07. The highest BCUT2D eigenvalue weighted by atomic mass is 16.6. The summed E-state index contributed by atoms with van der Waals surface area (Å²) in [6, 6.07) is 7.89. The fourth-order valence-electron chi connectivity index (χ4n) is 1.45. The molecular formula is C12H11N3O3. The first-order valence-electron chi connectivity index (χ1n) is 5.21. The number of rotatable bonds is 3.